The van der Waals surface area contributed by atoms with Gasteiger partial charge in [-0.05, 0) is 0 Å². The van der Waals surface area contributed by atoms with Crippen molar-refractivity contribution in [2.24, 2.45) is 0 Å². The van der Waals surface area contributed by atoms with Gasteiger partial charge in [0.05, 0.1) is 0 Å². The Hall–Kier alpha value is 1.55. The van der Waals surface area contributed by atoms with Crippen molar-refractivity contribution in [2.75, 3.05) is 0 Å². The fourth-order valence-corrected chi connectivity index (χ4v) is 0. The molecule has 0 spiro atoms. The fourth-order valence-electron chi connectivity index (χ4n) is 0. The van der Waals surface area contributed by atoms with Gasteiger partial charge in [-0.2, -0.15) is 9.90 Å². The van der Waals surface area contributed by atoms with Crippen molar-refractivity contribution in [3.63, 3.8) is 0 Å². The Morgan fingerprint density at radius 1 is 1.12 bits per heavy atom. The van der Waals surface area contributed by atoms with Gasteiger partial charge in [0.1, 0.15) is 0 Å². The molecule has 0 amide bonds. The average Bonchev–Trinajstić information content (AvgIpc) is 0.722. The Morgan fingerprint density at radius 3 is 1.12 bits per heavy atom. The predicted octanol–water partition coefficient (Wildman–Crippen LogP) is -0.875. The molecule has 0 aromatic carbocycles. The van der Waals surface area contributed by atoms with Crippen LogP contribution in [0.25, 0.3) is 0 Å². The van der Waals surface area contributed by atoms with Gasteiger partial charge in [0.15, 0.2) is 0 Å². The predicted molar refractivity (Wildman–Crippen MR) is 25.4 cm³/mol. The van der Waals surface area contributed by atoms with Crippen LogP contribution >= 0.6 is 17.7 Å². The summed E-state index contributed by atoms with van der Waals surface area (Å²) >= 11 is 0. The standard InChI is InChI=1S/Fe.Ni.H3O4P.H3P/c;;1-5(2,3)4;/h;;(H3,1,2,3,4);1H3. The molecular formula is H6FeNiO4P2. The van der Waals surface area contributed by atoms with E-state index in [1.54, 1.807) is 0 Å². The molecule has 0 aliphatic heterocycles. The first-order chi connectivity index (χ1) is 2.00. The normalized spacial score (nSPS) is 7.38. The molecule has 3 N–H and O–H groups in total. The molecule has 1 atom stereocenters. The van der Waals surface area contributed by atoms with E-state index in [9.17, 15) is 0 Å². The molecule has 0 aliphatic rings. The van der Waals surface area contributed by atoms with Crippen molar-refractivity contribution in [1.82, 2.24) is 0 Å². The third-order valence-corrected chi connectivity index (χ3v) is 0. The minimum atomic E-state index is -4.64. The Labute approximate surface area is 70.7 Å². The number of rotatable bonds is 0. The van der Waals surface area contributed by atoms with Gasteiger partial charge >= 0.3 is 7.82 Å². The van der Waals surface area contributed by atoms with Crippen molar-refractivity contribution < 1.29 is 52.8 Å². The summed E-state index contributed by atoms with van der Waals surface area (Å²) < 4.78 is 8.88. The zero-order chi connectivity index (χ0) is 4.50. The molecule has 0 saturated carbocycles. The molecular weight excluding hydrogens is 240 g/mol. The molecule has 0 saturated heterocycles. The van der Waals surface area contributed by atoms with E-state index in [0.29, 0.717) is 0 Å². The van der Waals surface area contributed by atoms with Crippen LogP contribution in [0.15, 0.2) is 0 Å². The Kier molecular flexibility index (Phi) is 24.2. The van der Waals surface area contributed by atoms with E-state index in [1.807, 2.05) is 0 Å². The van der Waals surface area contributed by atoms with Gasteiger partial charge in [-0.1, -0.05) is 0 Å². The number of phosphoric acid groups is 1. The van der Waals surface area contributed by atoms with Crippen LogP contribution in [0.4, 0.5) is 0 Å². The first kappa shape index (κ1) is 22.7. The van der Waals surface area contributed by atoms with Crippen molar-refractivity contribution in [3.05, 3.63) is 0 Å². The molecule has 0 aliphatic carbocycles. The second-order valence-electron chi connectivity index (χ2n) is 0.513. The third kappa shape index (κ3) is 134. The van der Waals surface area contributed by atoms with Gasteiger partial charge in [-0.15, -0.1) is 0 Å². The van der Waals surface area contributed by atoms with Crippen LogP contribution < -0.4 is 0 Å². The van der Waals surface area contributed by atoms with Gasteiger partial charge in [0.2, 0.25) is 0 Å². The van der Waals surface area contributed by atoms with Gasteiger partial charge in [0.25, 0.3) is 0 Å². The Bertz CT molecular complexity index is 60.2. The van der Waals surface area contributed by atoms with Crippen molar-refractivity contribution in [1.29, 1.82) is 0 Å². The summed E-state index contributed by atoms with van der Waals surface area (Å²) in [5.74, 6) is 0. The molecule has 8 heteroatoms. The van der Waals surface area contributed by atoms with Crippen molar-refractivity contribution >= 4 is 17.7 Å². The van der Waals surface area contributed by atoms with Crippen molar-refractivity contribution in [3.8, 4) is 0 Å². The van der Waals surface area contributed by atoms with E-state index in [2.05, 4.69) is 0 Å². The summed E-state index contributed by atoms with van der Waals surface area (Å²) in [6.07, 6.45) is 0. The van der Waals surface area contributed by atoms with E-state index in [4.69, 9.17) is 19.2 Å². The maximum Gasteiger partial charge on any atom is 0.466 e. The number of hydrogen-bond donors (Lipinski definition) is 3. The number of hydrogen-bond acceptors (Lipinski definition) is 1. The second kappa shape index (κ2) is 8.55. The molecule has 0 rings (SSSR count). The smallest absolute Gasteiger partial charge is 0.303 e. The SMILES string of the molecule is O=P(O)(O)O.P.[Fe].[Ni]. The van der Waals surface area contributed by atoms with Crippen molar-refractivity contribution in [2.45, 2.75) is 0 Å². The van der Waals surface area contributed by atoms with E-state index >= 15 is 0 Å². The maximum absolute atomic E-state index is 8.88. The largest absolute Gasteiger partial charge is 0.466 e. The molecule has 1 unspecified atom stereocenters. The summed E-state index contributed by atoms with van der Waals surface area (Å²) in [6, 6.07) is 0. The Morgan fingerprint density at radius 2 is 1.12 bits per heavy atom. The topological polar surface area (TPSA) is 77.8 Å². The van der Waals surface area contributed by atoms with Crippen LogP contribution in [0.2, 0.25) is 0 Å². The summed E-state index contributed by atoms with van der Waals surface area (Å²) in [7, 11) is -4.64. The van der Waals surface area contributed by atoms with Crippen LogP contribution in [-0.2, 0) is 38.1 Å². The average molecular weight is 247 g/mol. The second-order valence-corrected chi connectivity index (χ2v) is 1.54. The zero-order valence-electron chi connectivity index (χ0n) is 3.57. The molecule has 58 valence electrons. The molecule has 0 bridgehead atoms. The van der Waals surface area contributed by atoms with Crippen LogP contribution in [0, 0.1) is 0 Å². The first-order valence-corrected chi connectivity index (χ1v) is 2.35. The van der Waals surface area contributed by atoms with E-state index < -0.39 is 7.82 Å². The summed E-state index contributed by atoms with van der Waals surface area (Å²) in [6.45, 7) is 0. The summed E-state index contributed by atoms with van der Waals surface area (Å²) in [5.41, 5.74) is 0. The molecule has 8 heavy (non-hydrogen) atoms. The summed E-state index contributed by atoms with van der Waals surface area (Å²) in [5, 5.41) is 0. The van der Waals surface area contributed by atoms with E-state index in [1.165, 1.54) is 0 Å². The summed E-state index contributed by atoms with van der Waals surface area (Å²) in [4.78, 5) is 21.6. The minimum Gasteiger partial charge on any atom is -0.303 e. The van der Waals surface area contributed by atoms with E-state index in [0.717, 1.165) is 0 Å². The molecule has 0 radical (unpaired) electrons. The Balaban J connectivity index is -0.0000000267. The van der Waals surface area contributed by atoms with Crippen LogP contribution in [0.5, 0.6) is 0 Å². The van der Waals surface area contributed by atoms with Gasteiger partial charge in [-0.3, -0.25) is 0 Å². The zero-order valence-corrected chi connectivity index (χ0v) is 7.97. The molecule has 0 fully saturated rings. The van der Waals surface area contributed by atoms with Gasteiger partial charge in [-0.25, -0.2) is 4.57 Å². The van der Waals surface area contributed by atoms with Gasteiger partial charge < -0.3 is 14.7 Å². The minimum absolute atomic E-state index is 0. The molecule has 0 heterocycles. The molecule has 4 nitrogen and oxygen atoms in total. The van der Waals surface area contributed by atoms with Gasteiger partial charge in [0, 0.05) is 33.6 Å². The van der Waals surface area contributed by atoms with Crippen LogP contribution in [-0.4, -0.2) is 14.7 Å². The van der Waals surface area contributed by atoms with Crippen LogP contribution in [0.3, 0.4) is 0 Å². The fraction of sp³-hybridized carbons (Fsp3) is 0. The molecule has 0 aromatic rings. The van der Waals surface area contributed by atoms with Crippen LogP contribution in [0.1, 0.15) is 0 Å². The van der Waals surface area contributed by atoms with E-state index in [-0.39, 0.29) is 43.5 Å². The third-order valence-electron chi connectivity index (χ3n) is 0. The quantitative estimate of drug-likeness (QED) is 0.383. The molecule has 0 aromatic heterocycles. The monoisotopic (exact) mass is 246 g/mol. The maximum atomic E-state index is 8.88. The first-order valence-electron chi connectivity index (χ1n) is 0.783.